The average molecular weight is 295 g/mol. The Morgan fingerprint density at radius 1 is 1.18 bits per heavy atom. The summed E-state index contributed by atoms with van der Waals surface area (Å²) in [6.45, 7) is 5.96. The van der Waals surface area contributed by atoms with Gasteiger partial charge in [-0.3, -0.25) is 4.40 Å². The summed E-state index contributed by atoms with van der Waals surface area (Å²) in [7, 11) is 0. The highest BCUT2D eigenvalue weighted by Crippen LogP contribution is 2.35. The number of hydrogen-bond donors (Lipinski definition) is 1. The largest absolute Gasteiger partial charge is 0.392 e. The van der Waals surface area contributed by atoms with E-state index in [4.69, 9.17) is 0 Å². The quantitative estimate of drug-likeness (QED) is 0.747. The van der Waals surface area contributed by atoms with Gasteiger partial charge in [-0.15, -0.1) is 4.91 Å². The predicted octanol–water partition coefficient (Wildman–Crippen LogP) is 3.82. The SMILES string of the molecule is Cc1cc(C)c(-c2nc3ccc(CO)cn3c2N=O)c(C)c1. The van der Waals surface area contributed by atoms with Crippen LogP contribution in [-0.4, -0.2) is 14.5 Å². The van der Waals surface area contributed by atoms with Crippen LogP contribution in [0.2, 0.25) is 0 Å². The average Bonchev–Trinajstić information content (AvgIpc) is 2.83. The van der Waals surface area contributed by atoms with E-state index in [0.29, 0.717) is 16.9 Å². The van der Waals surface area contributed by atoms with Crippen molar-refractivity contribution in [3.05, 3.63) is 57.6 Å². The first-order chi connectivity index (χ1) is 10.5. The summed E-state index contributed by atoms with van der Waals surface area (Å²) in [6, 6.07) is 7.71. The Morgan fingerprint density at radius 3 is 2.45 bits per heavy atom. The molecule has 1 N–H and O–H groups in total. The second kappa shape index (κ2) is 5.35. The Kier molecular flexibility index (Phi) is 3.50. The molecule has 0 unspecified atom stereocenters. The number of fused-ring (bicyclic) bond motifs is 1. The molecule has 5 nitrogen and oxygen atoms in total. The number of aromatic nitrogens is 2. The van der Waals surface area contributed by atoms with Crippen molar-refractivity contribution in [2.75, 3.05) is 0 Å². The summed E-state index contributed by atoms with van der Waals surface area (Å²) in [4.78, 5) is 16.0. The highest BCUT2D eigenvalue weighted by molar-refractivity contribution is 5.79. The number of aliphatic hydroxyl groups excluding tert-OH is 1. The lowest BCUT2D eigenvalue weighted by Crippen LogP contribution is -1.91. The first-order valence-electron chi connectivity index (χ1n) is 7.08. The molecule has 2 aromatic heterocycles. The fraction of sp³-hybridized carbons (Fsp3) is 0.235. The Bertz CT molecular complexity index is 858. The molecule has 0 aliphatic heterocycles. The Labute approximate surface area is 128 Å². The zero-order valence-electron chi connectivity index (χ0n) is 12.8. The van der Waals surface area contributed by atoms with E-state index in [9.17, 15) is 10.0 Å². The molecule has 2 heterocycles. The third-order valence-electron chi connectivity index (χ3n) is 3.84. The van der Waals surface area contributed by atoms with Crippen LogP contribution in [0, 0.1) is 25.7 Å². The lowest BCUT2D eigenvalue weighted by Gasteiger charge is -2.09. The molecule has 22 heavy (non-hydrogen) atoms. The van der Waals surface area contributed by atoms with Crippen molar-refractivity contribution >= 4 is 11.5 Å². The maximum absolute atomic E-state index is 11.4. The summed E-state index contributed by atoms with van der Waals surface area (Å²) in [6.07, 6.45) is 1.70. The summed E-state index contributed by atoms with van der Waals surface area (Å²) in [5.41, 5.74) is 6.17. The van der Waals surface area contributed by atoms with E-state index in [2.05, 4.69) is 22.3 Å². The first kappa shape index (κ1) is 14.4. The second-order valence-corrected chi connectivity index (χ2v) is 5.57. The maximum Gasteiger partial charge on any atom is 0.209 e. The van der Waals surface area contributed by atoms with E-state index in [1.54, 1.807) is 22.7 Å². The van der Waals surface area contributed by atoms with E-state index in [0.717, 1.165) is 16.7 Å². The molecular formula is C17H17N3O2. The van der Waals surface area contributed by atoms with Crippen molar-refractivity contribution in [2.24, 2.45) is 5.18 Å². The summed E-state index contributed by atoms with van der Waals surface area (Å²) in [5, 5.41) is 12.4. The van der Waals surface area contributed by atoms with E-state index < -0.39 is 0 Å². The maximum atomic E-state index is 11.4. The first-order valence-corrected chi connectivity index (χ1v) is 7.08. The molecule has 1 aromatic carbocycles. The van der Waals surface area contributed by atoms with E-state index >= 15 is 0 Å². The normalized spacial score (nSPS) is 11.1. The minimum Gasteiger partial charge on any atom is -0.392 e. The molecule has 0 aliphatic carbocycles. The van der Waals surface area contributed by atoms with Gasteiger partial charge in [0.1, 0.15) is 11.3 Å². The second-order valence-electron chi connectivity index (χ2n) is 5.57. The van der Waals surface area contributed by atoms with Gasteiger partial charge in [0, 0.05) is 11.8 Å². The smallest absolute Gasteiger partial charge is 0.209 e. The molecule has 0 fully saturated rings. The molecule has 0 atom stereocenters. The lowest BCUT2D eigenvalue weighted by atomic mass is 9.97. The van der Waals surface area contributed by atoms with Gasteiger partial charge in [-0.25, -0.2) is 4.98 Å². The number of nitroso groups, excluding NO2 is 1. The van der Waals surface area contributed by atoms with Crippen LogP contribution in [0.5, 0.6) is 0 Å². The lowest BCUT2D eigenvalue weighted by molar-refractivity contribution is 0.281. The molecule has 0 amide bonds. The van der Waals surface area contributed by atoms with Crippen molar-refractivity contribution in [2.45, 2.75) is 27.4 Å². The van der Waals surface area contributed by atoms with Gasteiger partial charge in [0.2, 0.25) is 5.82 Å². The van der Waals surface area contributed by atoms with Crippen molar-refractivity contribution in [1.82, 2.24) is 9.38 Å². The molecule has 0 aliphatic rings. The molecule has 5 heteroatoms. The van der Waals surface area contributed by atoms with E-state index in [1.165, 1.54) is 5.56 Å². The summed E-state index contributed by atoms with van der Waals surface area (Å²) < 4.78 is 1.63. The van der Waals surface area contributed by atoms with E-state index in [-0.39, 0.29) is 12.4 Å². The Balaban J connectivity index is 2.34. The number of nitrogens with zero attached hydrogens (tertiary/aromatic N) is 3. The monoisotopic (exact) mass is 295 g/mol. The van der Waals surface area contributed by atoms with Gasteiger partial charge < -0.3 is 5.11 Å². The third kappa shape index (κ3) is 2.19. The zero-order valence-corrected chi connectivity index (χ0v) is 12.8. The van der Waals surface area contributed by atoms with Crippen molar-refractivity contribution < 1.29 is 5.11 Å². The minimum absolute atomic E-state index is 0.0929. The number of aryl methyl sites for hydroxylation is 3. The number of rotatable bonds is 3. The van der Waals surface area contributed by atoms with Gasteiger partial charge in [-0.05, 0) is 48.7 Å². The van der Waals surface area contributed by atoms with Crippen LogP contribution in [0.3, 0.4) is 0 Å². The van der Waals surface area contributed by atoms with Gasteiger partial charge in [0.05, 0.1) is 6.61 Å². The molecule has 0 saturated carbocycles. The van der Waals surface area contributed by atoms with Gasteiger partial charge in [0.25, 0.3) is 0 Å². The van der Waals surface area contributed by atoms with Crippen LogP contribution in [0.4, 0.5) is 5.82 Å². The number of aliphatic hydroxyl groups is 1. The van der Waals surface area contributed by atoms with Gasteiger partial charge in [0.15, 0.2) is 0 Å². The number of imidazole rings is 1. The van der Waals surface area contributed by atoms with E-state index in [1.807, 2.05) is 20.8 Å². The van der Waals surface area contributed by atoms with Gasteiger partial charge in [-0.1, -0.05) is 23.8 Å². The van der Waals surface area contributed by atoms with Gasteiger partial charge >= 0.3 is 0 Å². The highest BCUT2D eigenvalue weighted by atomic mass is 16.3. The standard InChI is InChI=1S/C17H17N3O2/c1-10-6-11(2)15(12(3)7-10)16-17(19-22)20-8-13(9-21)4-5-14(20)18-16/h4-8,21H,9H2,1-3H3. The van der Waals surface area contributed by atoms with Crippen molar-refractivity contribution in [1.29, 1.82) is 0 Å². The van der Waals surface area contributed by atoms with Crippen LogP contribution in [0.1, 0.15) is 22.3 Å². The zero-order chi connectivity index (χ0) is 15.9. The molecule has 3 aromatic rings. The van der Waals surface area contributed by atoms with Crippen LogP contribution in [0.15, 0.2) is 35.6 Å². The fourth-order valence-electron chi connectivity index (χ4n) is 2.98. The Hall–Kier alpha value is -2.53. The van der Waals surface area contributed by atoms with Crippen LogP contribution >= 0.6 is 0 Å². The fourth-order valence-corrected chi connectivity index (χ4v) is 2.98. The van der Waals surface area contributed by atoms with Crippen molar-refractivity contribution in [3.63, 3.8) is 0 Å². The van der Waals surface area contributed by atoms with Crippen molar-refractivity contribution in [3.8, 4) is 11.3 Å². The molecular weight excluding hydrogens is 278 g/mol. The molecule has 0 spiro atoms. The predicted molar refractivity (Wildman–Crippen MR) is 86.2 cm³/mol. The summed E-state index contributed by atoms with van der Waals surface area (Å²) >= 11 is 0. The number of hydrogen-bond acceptors (Lipinski definition) is 4. The van der Waals surface area contributed by atoms with Gasteiger partial charge in [-0.2, -0.15) is 0 Å². The van der Waals surface area contributed by atoms with Crippen LogP contribution in [0.25, 0.3) is 16.9 Å². The molecule has 0 saturated heterocycles. The molecule has 0 bridgehead atoms. The summed E-state index contributed by atoms with van der Waals surface area (Å²) in [5.74, 6) is 0.264. The van der Waals surface area contributed by atoms with Crippen LogP contribution in [-0.2, 0) is 6.61 Å². The minimum atomic E-state index is -0.0929. The molecule has 0 radical (unpaired) electrons. The number of benzene rings is 1. The topological polar surface area (TPSA) is 67.0 Å². The molecule has 3 rings (SSSR count). The number of pyridine rings is 1. The Morgan fingerprint density at radius 2 is 1.86 bits per heavy atom. The molecule has 112 valence electrons. The third-order valence-corrected chi connectivity index (χ3v) is 3.84. The highest BCUT2D eigenvalue weighted by Gasteiger charge is 2.18. The van der Waals surface area contributed by atoms with Crippen LogP contribution < -0.4 is 0 Å².